The topological polar surface area (TPSA) is 32.3 Å². The summed E-state index contributed by atoms with van der Waals surface area (Å²) in [5.74, 6) is -1.79. The summed E-state index contributed by atoms with van der Waals surface area (Å²) in [5, 5.41) is 3.19. The first-order chi connectivity index (χ1) is 8.98. The molecule has 1 heterocycles. The fourth-order valence-corrected chi connectivity index (χ4v) is 3.04. The van der Waals surface area contributed by atoms with Crippen LogP contribution in [0.1, 0.15) is 32.1 Å². The minimum Gasteiger partial charge on any atom is -0.341 e. The number of alkyl halides is 3. The van der Waals surface area contributed by atoms with Crippen LogP contribution >= 0.6 is 12.4 Å². The van der Waals surface area contributed by atoms with Crippen LogP contribution in [0, 0.1) is 11.8 Å². The Kier molecular flexibility index (Phi) is 6.58. The number of hydrogen-bond acceptors (Lipinski definition) is 2. The van der Waals surface area contributed by atoms with Gasteiger partial charge in [-0.3, -0.25) is 4.79 Å². The fourth-order valence-electron chi connectivity index (χ4n) is 3.04. The largest absolute Gasteiger partial charge is 0.391 e. The number of nitrogens with one attached hydrogen (secondary N) is 1. The Labute approximate surface area is 123 Å². The van der Waals surface area contributed by atoms with E-state index in [1.165, 1.54) is 0 Å². The Balaban J connectivity index is 0.00000200. The molecule has 2 atom stereocenters. The molecule has 0 spiro atoms. The van der Waals surface area contributed by atoms with E-state index < -0.39 is 18.0 Å². The number of nitrogens with zero attached hydrogens (tertiary/aromatic N) is 1. The van der Waals surface area contributed by atoms with Gasteiger partial charge in [-0.25, -0.2) is 0 Å². The molecule has 0 aromatic heterocycles. The van der Waals surface area contributed by atoms with E-state index in [2.05, 4.69) is 5.32 Å². The van der Waals surface area contributed by atoms with E-state index in [1.54, 1.807) is 4.90 Å². The van der Waals surface area contributed by atoms with Gasteiger partial charge in [0.1, 0.15) is 0 Å². The lowest BCUT2D eigenvalue weighted by Gasteiger charge is -2.33. The van der Waals surface area contributed by atoms with E-state index in [-0.39, 0.29) is 31.2 Å². The smallest absolute Gasteiger partial charge is 0.341 e. The average Bonchev–Trinajstić information content (AvgIpc) is 2.66. The minimum absolute atomic E-state index is 0. The Hall–Kier alpha value is -0.490. The van der Waals surface area contributed by atoms with Crippen LogP contribution in [0.15, 0.2) is 0 Å². The first-order valence-electron chi connectivity index (χ1n) is 7.04. The van der Waals surface area contributed by atoms with Crippen molar-refractivity contribution in [2.75, 3.05) is 26.2 Å². The van der Waals surface area contributed by atoms with Crippen LogP contribution in [0.25, 0.3) is 0 Å². The summed E-state index contributed by atoms with van der Waals surface area (Å²) in [6.45, 7) is 2.89. The summed E-state index contributed by atoms with van der Waals surface area (Å²) in [6.07, 6.45) is -2.01. The molecule has 1 saturated carbocycles. The van der Waals surface area contributed by atoms with E-state index in [0.717, 1.165) is 19.5 Å². The van der Waals surface area contributed by atoms with Crippen LogP contribution < -0.4 is 5.32 Å². The van der Waals surface area contributed by atoms with E-state index >= 15 is 0 Å². The lowest BCUT2D eigenvalue weighted by Crippen LogP contribution is -2.41. The van der Waals surface area contributed by atoms with Gasteiger partial charge >= 0.3 is 6.18 Å². The molecule has 1 aliphatic heterocycles. The second kappa shape index (κ2) is 7.50. The van der Waals surface area contributed by atoms with E-state index in [9.17, 15) is 18.0 Å². The molecule has 2 unspecified atom stereocenters. The minimum atomic E-state index is -4.15. The summed E-state index contributed by atoms with van der Waals surface area (Å²) in [4.78, 5) is 14.0. The van der Waals surface area contributed by atoms with Gasteiger partial charge in [0, 0.05) is 25.6 Å². The van der Waals surface area contributed by atoms with Crippen molar-refractivity contribution in [3.63, 3.8) is 0 Å². The molecule has 0 aromatic rings. The third kappa shape index (κ3) is 4.52. The molecule has 0 aromatic carbocycles. The average molecular weight is 315 g/mol. The van der Waals surface area contributed by atoms with Gasteiger partial charge < -0.3 is 10.2 Å². The monoisotopic (exact) mass is 314 g/mol. The number of amides is 1. The van der Waals surface area contributed by atoms with Crippen LogP contribution in [-0.2, 0) is 4.79 Å². The van der Waals surface area contributed by atoms with Crippen molar-refractivity contribution in [3.05, 3.63) is 0 Å². The summed E-state index contributed by atoms with van der Waals surface area (Å²) >= 11 is 0. The van der Waals surface area contributed by atoms with Gasteiger partial charge in [0.05, 0.1) is 5.92 Å². The van der Waals surface area contributed by atoms with Crippen LogP contribution in [-0.4, -0.2) is 43.2 Å². The highest BCUT2D eigenvalue weighted by molar-refractivity contribution is 5.85. The molecule has 1 amide bonds. The number of carbonyl (C=O) groups excluding carboxylic acids is 1. The van der Waals surface area contributed by atoms with Crippen LogP contribution in [0.4, 0.5) is 13.2 Å². The van der Waals surface area contributed by atoms with Crippen molar-refractivity contribution >= 4 is 18.3 Å². The van der Waals surface area contributed by atoms with Crippen LogP contribution in [0.2, 0.25) is 0 Å². The number of hydrogen-bond donors (Lipinski definition) is 1. The normalized spacial score (nSPS) is 28.4. The quantitative estimate of drug-likeness (QED) is 0.807. The molecule has 1 aliphatic carbocycles. The van der Waals surface area contributed by atoms with E-state index in [0.29, 0.717) is 25.9 Å². The predicted molar refractivity (Wildman–Crippen MR) is 72.8 cm³/mol. The molecule has 7 heteroatoms. The molecule has 3 nitrogen and oxygen atoms in total. The zero-order chi connectivity index (χ0) is 13.9. The Morgan fingerprint density at radius 3 is 2.55 bits per heavy atom. The third-order valence-electron chi connectivity index (χ3n) is 4.14. The van der Waals surface area contributed by atoms with Crippen molar-refractivity contribution in [1.82, 2.24) is 10.2 Å². The molecule has 2 aliphatic rings. The van der Waals surface area contributed by atoms with Gasteiger partial charge in [0.25, 0.3) is 0 Å². The molecule has 20 heavy (non-hydrogen) atoms. The van der Waals surface area contributed by atoms with Gasteiger partial charge in [0.2, 0.25) is 5.91 Å². The first kappa shape index (κ1) is 17.6. The Bertz CT molecular complexity index is 317. The number of halogens is 4. The van der Waals surface area contributed by atoms with Crippen LogP contribution in [0.3, 0.4) is 0 Å². The highest BCUT2D eigenvalue weighted by Gasteiger charge is 2.44. The summed E-state index contributed by atoms with van der Waals surface area (Å²) in [6, 6.07) is 0. The van der Waals surface area contributed by atoms with E-state index in [1.807, 2.05) is 0 Å². The van der Waals surface area contributed by atoms with Gasteiger partial charge in [-0.2, -0.15) is 13.2 Å². The van der Waals surface area contributed by atoms with Gasteiger partial charge in [-0.1, -0.05) is 6.42 Å². The maximum Gasteiger partial charge on any atom is 0.391 e. The molecule has 2 fully saturated rings. The van der Waals surface area contributed by atoms with E-state index in [4.69, 9.17) is 0 Å². The molecule has 0 bridgehead atoms. The van der Waals surface area contributed by atoms with Gasteiger partial charge in [-0.15, -0.1) is 12.4 Å². The maximum atomic E-state index is 12.8. The summed E-state index contributed by atoms with van der Waals surface area (Å²) < 4.78 is 38.3. The van der Waals surface area contributed by atoms with Gasteiger partial charge in [0.15, 0.2) is 0 Å². The third-order valence-corrected chi connectivity index (χ3v) is 4.14. The van der Waals surface area contributed by atoms with Crippen molar-refractivity contribution in [2.45, 2.75) is 38.3 Å². The van der Waals surface area contributed by atoms with Crippen molar-refractivity contribution in [1.29, 1.82) is 0 Å². The second-order valence-corrected chi connectivity index (χ2v) is 5.53. The molecular formula is C13H22ClF3N2O. The Morgan fingerprint density at radius 2 is 1.85 bits per heavy atom. The lowest BCUT2D eigenvalue weighted by atomic mass is 9.80. The van der Waals surface area contributed by atoms with Crippen molar-refractivity contribution in [3.8, 4) is 0 Å². The maximum absolute atomic E-state index is 12.8. The molecular weight excluding hydrogens is 293 g/mol. The molecule has 1 saturated heterocycles. The van der Waals surface area contributed by atoms with Gasteiger partial charge in [-0.05, 0) is 32.2 Å². The predicted octanol–water partition coefficient (Wildman–Crippen LogP) is 2.60. The molecule has 1 N–H and O–H groups in total. The molecule has 118 valence electrons. The van der Waals surface area contributed by atoms with Crippen molar-refractivity contribution in [2.24, 2.45) is 11.8 Å². The highest BCUT2D eigenvalue weighted by atomic mass is 35.5. The highest BCUT2D eigenvalue weighted by Crippen LogP contribution is 2.40. The SMILES string of the molecule is Cl.O=C(C1CCCC(C(F)(F)F)C1)N1CCCNCC1. The lowest BCUT2D eigenvalue weighted by molar-refractivity contribution is -0.187. The zero-order valence-corrected chi connectivity index (χ0v) is 12.2. The molecule has 2 rings (SSSR count). The second-order valence-electron chi connectivity index (χ2n) is 5.53. The summed E-state index contributed by atoms with van der Waals surface area (Å²) in [5.41, 5.74) is 0. The number of rotatable bonds is 1. The fraction of sp³-hybridized carbons (Fsp3) is 0.923. The summed E-state index contributed by atoms with van der Waals surface area (Å²) in [7, 11) is 0. The standard InChI is InChI=1S/C13H21F3N2O.ClH/c14-13(15,16)11-4-1-3-10(9-11)12(19)18-7-2-5-17-6-8-18;/h10-11,17H,1-9H2;1H. The zero-order valence-electron chi connectivity index (χ0n) is 11.4. The Morgan fingerprint density at radius 1 is 1.10 bits per heavy atom. The van der Waals surface area contributed by atoms with Crippen LogP contribution in [0.5, 0.6) is 0 Å². The first-order valence-corrected chi connectivity index (χ1v) is 7.04. The molecule has 0 radical (unpaired) electrons. The van der Waals surface area contributed by atoms with Crippen molar-refractivity contribution < 1.29 is 18.0 Å². The number of carbonyl (C=O) groups is 1.